The summed E-state index contributed by atoms with van der Waals surface area (Å²) in [5.41, 5.74) is 2.59. The molecule has 8 nitrogen and oxygen atoms in total. The molecule has 0 aliphatic rings. The molecule has 4 rings (SSSR count). The molecule has 0 aliphatic heterocycles. The van der Waals surface area contributed by atoms with E-state index in [1.165, 1.54) is 7.11 Å². The molecule has 4 aromatic heterocycles. The predicted octanol–water partition coefficient (Wildman–Crippen LogP) is 4.06. The van der Waals surface area contributed by atoms with E-state index in [-0.39, 0.29) is 11.6 Å². The Balaban J connectivity index is 1.84. The van der Waals surface area contributed by atoms with Crippen molar-refractivity contribution in [2.75, 3.05) is 12.4 Å². The molecule has 28 heavy (non-hydrogen) atoms. The topological polar surface area (TPSA) is 103 Å². The molecule has 4 aromatic rings. The first-order valence-electron chi connectivity index (χ1n) is 8.62. The number of methoxy groups -OCH3 is 1. The average Bonchev–Trinajstić information content (AvgIpc) is 3.23. The Morgan fingerprint density at radius 3 is 2.75 bits per heavy atom. The van der Waals surface area contributed by atoms with E-state index in [4.69, 9.17) is 13.7 Å². The minimum atomic E-state index is -0.366. The number of amides is 1. The highest BCUT2D eigenvalue weighted by Crippen LogP contribution is 2.31. The molecule has 142 valence electrons. The fourth-order valence-electron chi connectivity index (χ4n) is 3.12. The first kappa shape index (κ1) is 17.7. The molecule has 0 atom stereocenters. The third kappa shape index (κ3) is 2.98. The van der Waals surface area contributed by atoms with Crippen LogP contribution in [0.3, 0.4) is 0 Å². The number of nitrogens with zero attached hydrogens (tertiary/aromatic N) is 3. The van der Waals surface area contributed by atoms with Gasteiger partial charge in [0.25, 0.3) is 11.6 Å². The van der Waals surface area contributed by atoms with Gasteiger partial charge >= 0.3 is 0 Å². The maximum Gasteiger partial charge on any atom is 0.259 e. The third-order valence-electron chi connectivity index (χ3n) is 4.40. The minimum Gasteiger partial charge on any atom is -0.493 e. The first-order chi connectivity index (χ1) is 13.5. The number of carbonyl (C=O) groups is 1. The second-order valence-corrected chi connectivity index (χ2v) is 6.34. The maximum atomic E-state index is 13.1. The van der Waals surface area contributed by atoms with Crippen molar-refractivity contribution in [1.29, 1.82) is 0 Å². The number of furan rings is 1. The molecule has 0 aliphatic carbocycles. The van der Waals surface area contributed by atoms with Crippen LogP contribution in [0.25, 0.3) is 22.4 Å². The lowest BCUT2D eigenvalue weighted by atomic mass is 10.1. The minimum absolute atomic E-state index is 0.284. The SMILES string of the molecule is COc1cccnc1NC(=O)c1cc(-c2cc(C)oc2C)nc2onc(C)c12. The number of pyridine rings is 2. The summed E-state index contributed by atoms with van der Waals surface area (Å²) in [5.74, 6) is 1.89. The zero-order valence-electron chi connectivity index (χ0n) is 15.9. The summed E-state index contributed by atoms with van der Waals surface area (Å²) in [6.45, 7) is 5.46. The van der Waals surface area contributed by atoms with Gasteiger partial charge in [0.2, 0.25) is 0 Å². The average molecular weight is 378 g/mol. The number of carbonyl (C=O) groups excluding carboxylic acids is 1. The van der Waals surface area contributed by atoms with Crippen molar-refractivity contribution >= 4 is 22.8 Å². The van der Waals surface area contributed by atoms with Gasteiger partial charge in [-0.2, -0.15) is 0 Å². The Bertz CT molecular complexity index is 1190. The normalized spacial score (nSPS) is 11.0. The van der Waals surface area contributed by atoms with Gasteiger partial charge in [-0.1, -0.05) is 5.16 Å². The lowest BCUT2D eigenvalue weighted by Crippen LogP contribution is -2.15. The number of nitrogens with one attached hydrogen (secondary N) is 1. The monoisotopic (exact) mass is 378 g/mol. The van der Waals surface area contributed by atoms with Crippen molar-refractivity contribution in [3.8, 4) is 17.0 Å². The van der Waals surface area contributed by atoms with Crippen molar-refractivity contribution in [2.24, 2.45) is 0 Å². The van der Waals surface area contributed by atoms with Gasteiger partial charge in [0.15, 0.2) is 11.6 Å². The van der Waals surface area contributed by atoms with Crippen LogP contribution in [0.1, 0.15) is 27.6 Å². The quantitative estimate of drug-likeness (QED) is 0.571. The predicted molar refractivity (Wildman–Crippen MR) is 102 cm³/mol. The van der Waals surface area contributed by atoms with Crippen molar-refractivity contribution < 1.29 is 18.5 Å². The van der Waals surface area contributed by atoms with Crippen molar-refractivity contribution in [3.63, 3.8) is 0 Å². The molecule has 1 N–H and O–H groups in total. The first-order valence-corrected chi connectivity index (χ1v) is 8.62. The number of aryl methyl sites for hydroxylation is 3. The van der Waals surface area contributed by atoms with Gasteiger partial charge < -0.3 is 19.0 Å². The van der Waals surface area contributed by atoms with Crippen LogP contribution in [-0.4, -0.2) is 28.1 Å². The molecular formula is C20H18N4O4. The number of rotatable bonds is 4. The van der Waals surface area contributed by atoms with Crippen LogP contribution in [0.5, 0.6) is 5.75 Å². The second kappa shape index (κ2) is 6.80. The molecule has 0 saturated carbocycles. The van der Waals surface area contributed by atoms with Crippen LogP contribution < -0.4 is 10.1 Å². The Kier molecular flexibility index (Phi) is 4.31. The lowest BCUT2D eigenvalue weighted by molar-refractivity contribution is 0.102. The van der Waals surface area contributed by atoms with E-state index in [1.54, 1.807) is 31.3 Å². The highest BCUT2D eigenvalue weighted by molar-refractivity contribution is 6.13. The number of hydrogen-bond acceptors (Lipinski definition) is 7. The van der Waals surface area contributed by atoms with Gasteiger partial charge in [0, 0.05) is 11.8 Å². The zero-order chi connectivity index (χ0) is 19.8. The van der Waals surface area contributed by atoms with E-state index in [0.717, 1.165) is 11.3 Å². The number of anilines is 1. The maximum absolute atomic E-state index is 13.1. The number of ether oxygens (including phenoxy) is 1. The summed E-state index contributed by atoms with van der Waals surface area (Å²) >= 11 is 0. The van der Waals surface area contributed by atoms with Crippen molar-refractivity contribution in [1.82, 2.24) is 15.1 Å². The summed E-state index contributed by atoms with van der Waals surface area (Å²) in [6.07, 6.45) is 1.58. The molecule has 0 radical (unpaired) electrons. The van der Waals surface area contributed by atoms with Crippen molar-refractivity contribution in [2.45, 2.75) is 20.8 Å². The summed E-state index contributed by atoms with van der Waals surface area (Å²) in [5, 5.41) is 7.30. The second-order valence-electron chi connectivity index (χ2n) is 6.34. The molecule has 0 spiro atoms. The van der Waals surface area contributed by atoms with Gasteiger partial charge in [0.1, 0.15) is 11.5 Å². The van der Waals surface area contributed by atoms with Crippen LogP contribution in [0.4, 0.5) is 5.82 Å². The Hall–Kier alpha value is -3.68. The summed E-state index contributed by atoms with van der Waals surface area (Å²) < 4.78 is 16.2. The molecule has 0 bridgehead atoms. The largest absolute Gasteiger partial charge is 0.493 e. The summed E-state index contributed by atoms with van der Waals surface area (Å²) in [7, 11) is 1.52. The highest BCUT2D eigenvalue weighted by Gasteiger charge is 2.22. The van der Waals surface area contributed by atoms with E-state index < -0.39 is 0 Å². The van der Waals surface area contributed by atoms with E-state index in [9.17, 15) is 4.79 Å². The van der Waals surface area contributed by atoms with Crippen LogP contribution in [0.2, 0.25) is 0 Å². The highest BCUT2D eigenvalue weighted by atomic mass is 16.5. The summed E-state index contributed by atoms with van der Waals surface area (Å²) in [6, 6.07) is 7.02. The van der Waals surface area contributed by atoms with Gasteiger partial charge in [-0.05, 0) is 45.0 Å². The smallest absolute Gasteiger partial charge is 0.259 e. The van der Waals surface area contributed by atoms with Gasteiger partial charge in [0.05, 0.1) is 29.4 Å². The Morgan fingerprint density at radius 2 is 2.04 bits per heavy atom. The zero-order valence-corrected chi connectivity index (χ0v) is 15.9. The van der Waals surface area contributed by atoms with E-state index in [1.807, 2.05) is 19.9 Å². The van der Waals surface area contributed by atoms with Crippen LogP contribution >= 0.6 is 0 Å². The molecule has 0 fully saturated rings. The van der Waals surface area contributed by atoms with Crippen molar-refractivity contribution in [3.05, 3.63) is 53.2 Å². The molecule has 1 amide bonds. The molecule has 0 aromatic carbocycles. The summed E-state index contributed by atoms with van der Waals surface area (Å²) in [4.78, 5) is 21.8. The van der Waals surface area contributed by atoms with E-state index in [2.05, 4.69) is 20.4 Å². The number of hydrogen-bond donors (Lipinski definition) is 1. The lowest BCUT2D eigenvalue weighted by Gasteiger charge is -2.10. The fourth-order valence-corrected chi connectivity index (χ4v) is 3.12. The third-order valence-corrected chi connectivity index (χ3v) is 4.40. The standard InChI is InChI=1S/C20H18N4O4/c1-10-8-13(12(3)27-10)15-9-14(17-11(2)24-28-20(17)22-15)19(25)23-18-16(26-4)6-5-7-21-18/h5-9H,1-4H3,(H,21,23,25). The molecule has 4 heterocycles. The molecule has 8 heteroatoms. The van der Waals surface area contributed by atoms with E-state index >= 15 is 0 Å². The van der Waals surface area contributed by atoms with Crippen LogP contribution in [0.15, 0.2) is 39.4 Å². The van der Waals surface area contributed by atoms with E-state index in [0.29, 0.717) is 39.7 Å². The number of fused-ring (bicyclic) bond motifs is 1. The molecule has 0 unspecified atom stereocenters. The Labute approximate surface area is 160 Å². The molecule has 0 saturated heterocycles. The fraction of sp³-hybridized carbons (Fsp3) is 0.200. The van der Waals surface area contributed by atoms with Gasteiger partial charge in [-0.3, -0.25) is 4.79 Å². The van der Waals surface area contributed by atoms with Crippen LogP contribution in [0, 0.1) is 20.8 Å². The number of aromatic nitrogens is 3. The van der Waals surface area contributed by atoms with Gasteiger partial charge in [-0.25, -0.2) is 9.97 Å². The molecular weight excluding hydrogens is 360 g/mol. The Morgan fingerprint density at radius 1 is 1.21 bits per heavy atom. The van der Waals surface area contributed by atoms with Gasteiger partial charge in [-0.15, -0.1) is 0 Å². The van der Waals surface area contributed by atoms with Crippen LogP contribution in [-0.2, 0) is 0 Å².